The van der Waals surface area contributed by atoms with Gasteiger partial charge in [-0.15, -0.1) is 0 Å². The first-order valence-corrected chi connectivity index (χ1v) is 8.18. The summed E-state index contributed by atoms with van der Waals surface area (Å²) in [5.41, 5.74) is 1.72. The van der Waals surface area contributed by atoms with Crippen molar-refractivity contribution in [3.63, 3.8) is 0 Å². The molecule has 0 bridgehead atoms. The third kappa shape index (κ3) is 4.08. The van der Waals surface area contributed by atoms with Crippen molar-refractivity contribution in [2.24, 2.45) is 0 Å². The molecule has 2 aromatic rings. The quantitative estimate of drug-likeness (QED) is 0.683. The number of nitrogens with one attached hydrogen (secondary N) is 1. The second-order valence-corrected chi connectivity index (χ2v) is 6.62. The molecule has 104 valence electrons. The minimum absolute atomic E-state index is 0.108. The highest BCUT2D eigenvalue weighted by Crippen LogP contribution is 2.31. The van der Waals surface area contributed by atoms with Crippen LogP contribution in [0.4, 0.5) is 5.69 Å². The zero-order valence-electron chi connectivity index (χ0n) is 10.4. The van der Waals surface area contributed by atoms with Gasteiger partial charge in [0, 0.05) is 10.7 Å². The highest BCUT2D eigenvalue weighted by atomic mass is 79.9. The molecule has 2 nitrogen and oxygen atoms in total. The summed E-state index contributed by atoms with van der Waals surface area (Å²) in [4.78, 5) is 11.7. The molecule has 1 amide bonds. The average molecular weight is 418 g/mol. The average Bonchev–Trinajstić information content (AvgIpc) is 2.46. The molecular formula is C15H12Br2ClNO. The van der Waals surface area contributed by atoms with Gasteiger partial charge in [-0.05, 0) is 23.8 Å². The molecule has 0 heterocycles. The molecule has 0 spiro atoms. The molecule has 2 aromatic carbocycles. The van der Waals surface area contributed by atoms with Gasteiger partial charge in [-0.2, -0.15) is 0 Å². The van der Waals surface area contributed by atoms with E-state index in [0.29, 0.717) is 10.7 Å². The van der Waals surface area contributed by atoms with Gasteiger partial charge in [0.05, 0.1) is 4.83 Å². The van der Waals surface area contributed by atoms with Crippen molar-refractivity contribution < 1.29 is 4.79 Å². The minimum atomic E-state index is -0.385. The SMILES string of the molecule is O=C(Nc1cccc(Cl)c1)[C@H](Br)[C@H](Br)c1ccccc1. The van der Waals surface area contributed by atoms with Crippen molar-refractivity contribution in [1.82, 2.24) is 0 Å². The van der Waals surface area contributed by atoms with Crippen LogP contribution >= 0.6 is 43.5 Å². The highest BCUT2D eigenvalue weighted by molar-refractivity contribution is 9.12. The predicted octanol–water partition coefficient (Wildman–Crippen LogP) is 5.18. The van der Waals surface area contributed by atoms with Crippen LogP contribution in [0.2, 0.25) is 5.02 Å². The number of hydrogen-bond donors (Lipinski definition) is 1. The smallest absolute Gasteiger partial charge is 0.239 e. The number of halogens is 3. The van der Waals surface area contributed by atoms with Gasteiger partial charge in [0.1, 0.15) is 4.83 Å². The first kappa shape index (κ1) is 15.5. The number of benzene rings is 2. The van der Waals surface area contributed by atoms with Crippen LogP contribution in [-0.2, 0) is 4.79 Å². The number of carbonyl (C=O) groups is 1. The zero-order chi connectivity index (χ0) is 14.5. The lowest BCUT2D eigenvalue weighted by molar-refractivity contribution is -0.115. The van der Waals surface area contributed by atoms with E-state index in [0.717, 1.165) is 5.56 Å². The molecule has 1 N–H and O–H groups in total. The molecule has 5 heteroatoms. The molecule has 0 aromatic heterocycles. The first-order valence-electron chi connectivity index (χ1n) is 5.97. The standard InChI is InChI=1S/C15H12Br2ClNO/c16-13(10-5-2-1-3-6-10)14(17)15(20)19-12-8-4-7-11(18)9-12/h1-9,13-14H,(H,19,20)/t13-,14-/m1/s1. The van der Waals surface area contributed by atoms with Crippen LogP contribution in [0.1, 0.15) is 10.4 Å². The molecule has 2 rings (SSSR count). The van der Waals surface area contributed by atoms with Crippen LogP contribution in [0.5, 0.6) is 0 Å². The number of alkyl halides is 2. The van der Waals surface area contributed by atoms with Crippen LogP contribution < -0.4 is 5.32 Å². The Morgan fingerprint density at radius 1 is 1.05 bits per heavy atom. The van der Waals surface area contributed by atoms with E-state index in [1.54, 1.807) is 24.3 Å². The summed E-state index contributed by atoms with van der Waals surface area (Å²) in [5, 5.41) is 3.42. The second-order valence-electron chi connectivity index (χ2n) is 4.21. The van der Waals surface area contributed by atoms with E-state index in [-0.39, 0.29) is 15.6 Å². The molecule has 0 fully saturated rings. The minimum Gasteiger partial charge on any atom is -0.325 e. The molecule has 0 unspecified atom stereocenters. The second kappa shape index (κ2) is 7.25. The summed E-state index contributed by atoms with van der Waals surface area (Å²) >= 11 is 12.9. The molecule has 0 saturated carbocycles. The van der Waals surface area contributed by atoms with Gasteiger partial charge in [-0.1, -0.05) is 79.9 Å². The Bertz CT molecular complexity index is 591. The topological polar surface area (TPSA) is 29.1 Å². The monoisotopic (exact) mass is 415 g/mol. The Kier molecular flexibility index (Phi) is 5.64. The van der Waals surface area contributed by atoms with E-state index in [4.69, 9.17) is 11.6 Å². The van der Waals surface area contributed by atoms with E-state index < -0.39 is 0 Å². The third-order valence-corrected chi connectivity index (χ3v) is 5.66. The summed E-state index contributed by atoms with van der Waals surface area (Å²) in [6.07, 6.45) is 0. The lowest BCUT2D eigenvalue weighted by Gasteiger charge is -2.17. The fourth-order valence-corrected chi connectivity index (χ4v) is 2.87. The number of hydrogen-bond acceptors (Lipinski definition) is 1. The van der Waals surface area contributed by atoms with Crippen LogP contribution in [0, 0.1) is 0 Å². The highest BCUT2D eigenvalue weighted by Gasteiger charge is 2.24. The Labute approximate surface area is 139 Å². The van der Waals surface area contributed by atoms with Crippen LogP contribution in [-0.4, -0.2) is 10.7 Å². The molecule has 20 heavy (non-hydrogen) atoms. The van der Waals surface area contributed by atoms with E-state index >= 15 is 0 Å². The van der Waals surface area contributed by atoms with Crippen molar-refractivity contribution in [3.8, 4) is 0 Å². The normalized spacial score (nSPS) is 13.6. The molecule has 0 radical (unpaired) electrons. The van der Waals surface area contributed by atoms with Crippen LogP contribution in [0.15, 0.2) is 54.6 Å². The Balaban J connectivity index is 2.05. The van der Waals surface area contributed by atoms with E-state index in [2.05, 4.69) is 37.2 Å². The van der Waals surface area contributed by atoms with Gasteiger partial charge in [0.2, 0.25) is 5.91 Å². The zero-order valence-corrected chi connectivity index (χ0v) is 14.3. The van der Waals surface area contributed by atoms with Crippen LogP contribution in [0.3, 0.4) is 0 Å². The molecule has 0 aliphatic rings. The molecule has 2 atom stereocenters. The first-order chi connectivity index (χ1) is 9.58. The van der Waals surface area contributed by atoms with Gasteiger partial charge < -0.3 is 5.32 Å². The number of rotatable bonds is 4. The Hall–Kier alpha value is -0.840. The maximum absolute atomic E-state index is 12.2. The Morgan fingerprint density at radius 2 is 1.75 bits per heavy atom. The number of amides is 1. The lowest BCUT2D eigenvalue weighted by Crippen LogP contribution is -2.26. The molecule has 0 aliphatic carbocycles. The van der Waals surface area contributed by atoms with Gasteiger partial charge in [0.15, 0.2) is 0 Å². The lowest BCUT2D eigenvalue weighted by atomic mass is 10.1. The summed E-state index contributed by atoms with van der Waals surface area (Å²) in [6, 6.07) is 16.8. The maximum Gasteiger partial charge on any atom is 0.239 e. The largest absolute Gasteiger partial charge is 0.325 e. The third-order valence-electron chi connectivity index (χ3n) is 2.72. The van der Waals surface area contributed by atoms with Gasteiger partial charge in [-0.25, -0.2) is 0 Å². The van der Waals surface area contributed by atoms with Crippen molar-refractivity contribution in [1.29, 1.82) is 0 Å². The van der Waals surface area contributed by atoms with Crippen molar-refractivity contribution in [2.75, 3.05) is 5.32 Å². The van der Waals surface area contributed by atoms with Gasteiger partial charge in [0.25, 0.3) is 0 Å². The van der Waals surface area contributed by atoms with Gasteiger partial charge >= 0.3 is 0 Å². The van der Waals surface area contributed by atoms with E-state index in [1.165, 1.54) is 0 Å². The summed E-state index contributed by atoms with van der Waals surface area (Å²) in [7, 11) is 0. The fraction of sp³-hybridized carbons (Fsp3) is 0.133. The summed E-state index contributed by atoms with van der Waals surface area (Å²) < 4.78 is 0. The van der Waals surface area contributed by atoms with E-state index in [9.17, 15) is 4.79 Å². The Morgan fingerprint density at radius 3 is 2.40 bits per heavy atom. The van der Waals surface area contributed by atoms with Crippen LogP contribution in [0.25, 0.3) is 0 Å². The van der Waals surface area contributed by atoms with Crippen molar-refractivity contribution in [2.45, 2.75) is 9.65 Å². The maximum atomic E-state index is 12.2. The number of anilines is 1. The molecule has 0 aliphatic heterocycles. The molecule has 0 saturated heterocycles. The van der Waals surface area contributed by atoms with Crippen molar-refractivity contribution >= 4 is 55.1 Å². The fourth-order valence-electron chi connectivity index (χ4n) is 1.72. The van der Waals surface area contributed by atoms with E-state index in [1.807, 2.05) is 30.3 Å². The number of carbonyl (C=O) groups excluding carboxylic acids is 1. The summed E-state index contributed by atoms with van der Waals surface area (Å²) in [6.45, 7) is 0. The van der Waals surface area contributed by atoms with Gasteiger partial charge in [-0.3, -0.25) is 4.79 Å². The summed E-state index contributed by atoms with van der Waals surface area (Å²) in [5.74, 6) is -0.127. The molecular weight excluding hydrogens is 405 g/mol. The van der Waals surface area contributed by atoms with Crippen molar-refractivity contribution in [3.05, 3.63) is 65.2 Å². The predicted molar refractivity (Wildman–Crippen MR) is 90.9 cm³/mol.